The van der Waals surface area contributed by atoms with Gasteiger partial charge < -0.3 is 4.90 Å². The minimum Gasteiger partial charge on any atom is -0.338 e. The lowest BCUT2D eigenvalue weighted by atomic mass is 10.1. The fraction of sp³-hybridized carbons (Fsp3) is 0.278. The Bertz CT molecular complexity index is 802. The van der Waals surface area contributed by atoms with E-state index in [-0.39, 0.29) is 11.9 Å². The van der Waals surface area contributed by atoms with Crippen LogP contribution in [0.15, 0.2) is 53.0 Å². The maximum atomic E-state index is 12.4. The first kappa shape index (κ1) is 17.7. The number of aromatic amines is 1. The van der Waals surface area contributed by atoms with Gasteiger partial charge in [0.1, 0.15) is 5.82 Å². The number of nitrogens with zero attached hydrogens (tertiary/aromatic N) is 3. The summed E-state index contributed by atoms with van der Waals surface area (Å²) in [5, 5.41) is 9.79. The van der Waals surface area contributed by atoms with Crippen LogP contribution in [0.2, 0.25) is 0 Å². The number of hydrogen-bond donors (Lipinski definition) is 1. The maximum Gasteiger partial charge on any atom is 0.233 e. The van der Waals surface area contributed by atoms with E-state index < -0.39 is 0 Å². The van der Waals surface area contributed by atoms with Crippen LogP contribution in [0.3, 0.4) is 0 Å². The van der Waals surface area contributed by atoms with Gasteiger partial charge in [-0.15, -0.1) is 16.4 Å². The quantitative estimate of drug-likeness (QED) is 0.641. The van der Waals surface area contributed by atoms with Crippen LogP contribution in [-0.4, -0.2) is 38.8 Å². The van der Waals surface area contributed by atoms with E-state index in [0.717, 1.165) is 17.8 Å². The Labute approximate surface area is 155 Å². The van der Waals surface area contributed by atoms with Crippen LogP contribution in [0.1, 0.15) is 29.2 Å². The first-order valence-corrected chi connectivity index (χ1v) is 9.87. The van der Waals surface area contributed by atoms with E-state index in [1.54, 1.807) is 16.2 Å². The first-order valence-electron chi connectivity index (χ1n) is 8.00. The minimum atomic E-state index is 0.0378. The van der Waals surface area contributed by atoms with Gasteiger partial charge in [-0.2, -0.15) is 0 Å². The van der Waals surface area contributed by atoms with Gasteiger partial charge in [-0.05, 0) is 23.9 Å². The molecule has 0 aliphatic rings. The number of hydrogen-bond acceptors (Lipinski definition) is 5. The Hall–Kier alpha value is -2.12. The molecule has 0 spiro atoms. The van der Waals surface area contributed by atoms with Gasteiger partial charge in [-0.25, -0.2) is 4.98 Å². The maximum absolute atomic E-state index is 12.4. The average Bonchev–Trinajstić information content (AvgIpc) is 3.31. The molecule has 5 nitrogen and oxygen atoms in total. The van der Waals surface area contributed by atoms with Crippen molar-refractivity contribution in [3.8, 4) is 0 Å². The number of benzene rings is 1. The standard InChI is InChI=1S/C18H20N4OS2/c1-13(14-7-4-3-5-8-14)22(2)17(23)12-25-18-19-16(20-21-18)11-15-9-6-10-24-15/h3-10,13H,11-12H2,1-2H3,(H,19,20,21). The van der Waals surface area contributed by atoms with Gasteiger partial charge in [0.15, 0.2) is 0 Å². The molecule has 1 amide bonds. The Balaban J connectivity index is 1.52. The molecule has 0 saturated carbocycles. The molecule has 3 rings (SSSR count). The number of amides is 1. The van der Waals surface area contributed by atoms with Crippen LogP contribution in [-0.2, 0) is 11.2 Å². The van der Waals surface area contributed by atoms with E-state index >= 15 is 0 Å². The van der Waals surface area contributed by atoms with E-state index in [0.29, 0.717) is 10.9 Å². The van der Waals surface area contributed by atoms with Crippen LogP contribution in [0.5, 0.6) is 0 Å². The third-order valence-corrected chi connectivity index (χ3v) is 5.72. The molecule has 0 bridgehead atoms. The first-order chi connectivity index (χ1) is 12.1. The molecular weight excluding hydrogens is 352 g/mol. The van der Waals surface area contributed by atoms with Gasteiger partial charge >= 0.3 is 0 Å². The normalized spacial score (nSPS) is 12.1. The second-order valence-corrected chi connectivity index (χ2v) is 7.68. The molecular formula is C18H20N4OS2. The predicted molar refractivity (Wildman–Crippen MR) is 102 cm³/mol. The van der Waals surface area contributed by atoms with Crippen LogP contribution >= 0.6 is 23.1 Å². The van der Waals surface area contributed by atoms with Gasteiger partial charge in [0.05, 0.1) is 11.8 Å². The van der Waals surface area contributed by atoms with Crippen molar-refractivity contribution in [3.63, 3.8) is 0 Å². The van der Waals surface area contributed by atoms with Gasteiger partial charge in [0, 0.05) is 18.3 Å². The van der Waals surface area contributed by atoms with Crippen molar-refractivity contribution in [1.82, 2.24) is 20.1 Å². The second kappa shape index (κ2) is 8.31. The summed E-state index contributed by atoms with van der Waals surface area (Å²) >= 11 is 3.06. The monoisotopic (exact) mass is 372 g/mol. The lowest BCUT2D eigenvalue weighted by Gasteiger charge is -2.25. The molecule has 0 fully saturated rings. The van der Waals surface area contributed by atoms with E-state index in [9.17, 15) is 4.79 Å². The van der Waals surface area contributed by atoms with Gasteiger partial charge in [0.25, 0.3) is 0 Å². The molecule has 0 aliphatic heterocycles. The third-order valence-electron chi connectivity index (χ3n) is 4.01. The number of carbonyl (C=O) groups excluding carboxylic acids is 1. The number of nitrogens with one attached hydrogen (secondary N) is 1. The van der Waals surface area contributed by atoms with Crippen LogP contribution < -0.4 is 0 Å². The average molecular weight is 373 g/mol. The zero-order valence-corrected chi connectivity index (χ0v) is 15.8. The summed E-state index contributed by atoms with van der Waals surface area (Å²) < 4.78 is 0. The van der Waals surface area contributed by atoms with Crippen molar-refractivity contribution in [2.75, 3.05) is 12.8 Å². The van der Waals surface area contributed by atoms with Crippen molar-refractivity contribution in [2.24, 2.45) is 0 Å². The van der Waals surface area contributed by atoms with Gasteiger partial charge in [-0.3, -0.25) is 9.89 Å². The van der Waals surface area contributed by atoms with Gasteiger partial charge in [0.2, 0.25) is 11.1 Å². The molecule has 2 aromatic heterocycles. The van der Waals surface area contributed by atoms with Crippen LogP contribution in [0.25, 0.3) is 0 Å². The summed E-state index contributed by atoms with van der Waals surface area (Å²) in [5.74, 6) is 1.21. The van der Waals surface area contributed by atoms with E-state index in [2.05, 4.69) is 21.2 Å². The fourth-order valence-corrected chi connectivity index (χ4v) is 3.85. The van der Waals surface area contributed by atoms with E-state index in [1.807, 2.05) is 55.7 Å². The molecule has 0 aliphatic carbocycles. The summed E-state index contributed by atoms with van der Waals surface area (Å²) in [6.45, 7) is 2.03. The third kappa shape index (κ3) is 4.70. The number of aromatic nitrogens is 3. The molecule has 130 valence electrons. The minimum absolute atomic E-state index is 0.0378. The summed E-state index contributed by atoms with van der Waals surface area (Å²) in [5.41, 5.74) is 1.12. The topological polar surface area (TPSA) is 61.9 Å². The smallest absolute Gasteiger partial charge is 0.233 e. The highest BCUT2D eigenvalue weighted by Crippen LogP contribution is 2.21. The zero-order chi connectivity index (χ0) is 17.6. The van der Waals surface area contributed by atoms with E-state index in [1.165, 1.54) is 16.6 Å². The molecule has 1 atom stereocenters. The largest absolute Gasteiger partial charge is 0.338 e. The Morgan fingerprint density at radius 1 is 1.28 bits per heavy atom. The zero-order valence-electron chi connectivity index (χ0n) is 14.2. The van der Waals surface area contributed by atoms with Crippen molar-refractivity contribution < 1.29 is 4.79 Å². The summed E-state index contributed by atoms with van der Waals surface area (Å²) in [6.07, 6.45) is 0.740. The van der Waals surface area contributed by atoms with Crippen LogP contribution in [0, 0.1) is 0 Å². The number of H-pyrrole nitrogens is 1. The van der Waals surface area contributed by atoms with Crippen LogP contribution in [0.4, 0.5) is 0 Å². The van der Waals surface area contributed by atoms with Crippen molar-refractivity contribution in [2.45, 2.75) is 24.5 Å². The number of rotatable bonds is 7. The highest BCUT2D eigenvalue weighted by atomic mass is 32.2. The fourth-order valence-electron chi connectivity index (χ4n) is 2.40. The molecule has 1 N–H and O–H groups in total. The number of carbonyl (C=O) groups is 1. The van der Waals surface area contributed by atoms with Crippen molar-refractivity contribution in [3.05, 3.63) is 64.1 Å². The Morgan fingerprint density at radius 2 is 2.08 bits per heavy atom. The lowest BCUT2D eigenvalue weighted by molar-refractivity contribution is -0.128. The highest BCUT2D eigenvalue weighted by molar-refractivity contribution is 7.99. The molecule has 0 radical (unpaired) electrons. The summed E-state index contributed by atoms with van der Waals surface area (Å²) in [6, 6.07) is 14.2. The second-order valence-electron chi connectivity index (χ2n) is 5.70. The Morgan fingerprint density at radius 3 is 2.80 bits per heavy atom. The van der Waals surface area contributed by atoms with Crippen molar-refractivity contribution >= 4 is 29.0 Å². The summed E-state index contributed by atoms with van der Waals surface area (Å²) in [7, 11) is 1.83. The molecule has 25 heavy (non-hydrogen) atoms. The lowest BCUT2D eigenvalue weighted by Crippen LogP contribution is -2.31. The van der Waals surface area contributed by atoms with Gasteiger partial charge in [-0.1, -0.05) is 48.2 Å². The molecule has 2 heterocycles. The number of thiophene rings is 1. The number of thioether (sulfide) groups is 1. The molecule has 1 aromatic carbocycles. The summed E-state index contributed by atoms with van der Waals surface area (Å²) in [4.78, 5) is 19.9. The molecule has 0 saturated heterocycles. The van der Waals surface area contributed by atoms with E-state index in [4.69, 9.17) is 0 Å². The van der Waals surface area contributed by atoms with Crippen molar-refractivity contribution in [1.29, 1.82) is 0 Å². The molecule has 7 heteroatoms. The predicted octanol–water partition coefficient (Wildman–Crippen LogP) is 3.77. The molecule has 1 unspecified atom stereocenters. The SMILES string of the molecule is CC(c1ccccc1)N(C)C(=O)CSc1n[nH]c(Cc2cccs2)n1. The molecule has 3 aromatic rings. The Kier molecular flexibility index (Phi) is 5.88. The highest BCUT2D eigenvalue weighted by Gasteiger charge is 2.18.